The van der Waals surface area contributed by atoms with Crippen LogP contribution in [0.25, 0.3) is 0 Å². The number of nitrogens with zero attached hydrogens (tertiary/aromatic N) is 1. The molecule has 0 saturated carbocycles. The largest absolute Gasteiger partial charge is 0.399 e. The number of hydrogen-bond donors (Lipinski definition) is 1. The molecule has 0 spiro atoms. The van der Waals surface area contributed by atoms with Gasteiger partial charge in [0.1, 0.15) is 18.7 Å². The van der Waals surface area contributed by atoms with Gasteiger partial charge >= 0.3 is 0 Å². The van der Waals surface area contributed by atoms with Crippen LogP contribution in [0.15, 0.2) is 47.6 Å². The van der Waals surface area contributed by atoms with Crippen molar-refractivity contribution in [2.24, 2.45) is 5.16 Å². The second-order valence-corrected chi connectivity index (χ2v) is 4.12. The van der Waals surface area contributed by atoms with E-state index in [1.807, 2.05) is 0 Å². The fourth-order valence-corrected chi connectivity index (χ4v) is 1.62. The predicted molar refractivity (Wildman–Crippen MR) is 75.4 cm³/mol. The van der Waals surface area contributed by atoms with E-state index in [-0.39, 0.29) is 5.69 Å². The fourth-order valence-electron chi connectivity index (χ4n) is 1.62. The van der Waals surface area contributed by atoms with Crippen molar-refractivity contribution in [1.82, 2.24) is 0 Å². The highest BCUT2D eigenvalue weighted by Gasteiger charge is 2.09. The first-order valence-electron chi connectivity index (χ1n) is 6.03. The highest BCUT2D eigenvalue weighted by Crippen LogP contribution is 2.16. The summed E-state index contributed by atoms with van der Waals surface area (Å²) in [7, 11) is 1.43. The van der Waals surface area contributed by atoms with E-state index in [1.54, 1.807) is 24.3 Å². The summed E-state index contributed by atoms with van der Waals surface area (Å²) in [6.45, 7) is 0. The van der Waals surface area contributed by atoms with Crippen LogP contribution >= 0.6 is 0 Å². The maximum absolute atomic E-state index is 13.4. The number of anilines is 1. The summed E-state index contributed by atoms with van der Waals surface area (Å²) >= 11 is 0. The lowest BCUT2D eigenvalue weighted by molar-refractivity contribution is 0.102. The van der Waals surface area contributed by atoms with Crippen molar-refractivity contribution in [2.75, 3.05) is 12.4 Å². The summed E-state index contributed by atoms with van der Waals surface area (Å²) in [5.74, 6) is -2.02. The van der Waals surface area contributed by atoms with E-state index in [4.69, 9.17) is 0 Å². The first-order valence-corrected chi connectivity index (χ1v) is 6.03. The van der Waals surface area contributed by atoms with Crippen LogP contribution in [-0.4, -0.2) is 19.2 Å². The van der Waals surface area contributed by atoms with Crippen LogP contribution in [0.1, 0.15) is 15.9 Å². The molecule has 0 aliphatic rings. The lowest BCUT2D eigenvalue weighted by Gasteiger charge is -2.06. The number of carbonyl (C=O) groups excluding carboxylic acids is 1. The monoisotopic (exact) mass is 290 g/mol. The van der Waals surface area contributed by atoms with Gasteiger partial charge in [0.25, 0.3) is 5.91 Å². The third-order valence-corrected chi connectivity index (χ3v) is 2.66. The van der Waals surface area contributed by atoms with E-state index in [2.05, 4.69) is 15.3 Å². The first-order chi connectivity index (χ1) is 10.1. The van der Waals surface area contributed by atoms with Gasteiger partial charge in [-0.1, -0.05) is 17.3 Å². The topological polar surface area (TPSA) is 50.7 Å². The van der Waals surface area contributed by atoms with Gasteiger partial charge in [-0.3, -0.25) is 4.79 Å². The summed E-state index contributed by atoms with van der Waals surface area (Å²) in [6, 6.07) is 9.41. The molecule has 0 aliphatic heterocycles. The van der Waals surface area contributed by atoms with Gasteiger partial charge in [0.05, 0.1) is 11.9 Å². The third-order valence-electron chi connectivity index (χ3n) is 2.66. The van der Waals surface area contributed by atoms with E-state index < -0.39 is 17.5 Å². The van der Waals surface area contributed by atoms with Gasteiger partial charge in [0.15, 0.2) is 0 Å². The summed E-state index contributed by atoms with van der Waals surface area (Å²) in [5.41, 5.74) is 1.01. The van der Waals surface area contributed by atoms with Crippen molar-refractivity contribution >= 4 is 17.8 Å². The maximum Gasteiger partial charge on any atom is 0.255 e. The normalized spacial score (nSPS) is 10.6. The maximum atomic E-state index is 13.4. The minimum atomic E-state index is -0.827. The van der Waals surface area contributed by atoms with E-state index in [0.29, 0.717) is 11.6 Å². The van der Waals surface area contributed by atoms with Crippen LogP contribution in [0, 0.1) is 11.6 Å². The molecule has 0 radical (unpaired) electrons. The molecule has 0 unspecified atom stereocenters. The fraction of sp³-hybridized carbons (Fsp3) is 0.0667. The average Bonchev–Trinajstić information content (AvgIpc) is 2.48. The van der Waals surface area contributed by atoms with Crippen molar-refractivity contribution in [2.45, 2.75) is 0 Å². The Kier molecular flexibility index (Phi) is 4.61. The van der Waals surface area contributed by atoms with Crippen LogP contribution in [0.5, 0.6) is 0 Å². The van der Waals surface area contributed by atoms with Gasteiger partial charge in [-0.25, -0.2) is 8.78 Å². The van der Waals surface area contributed by atoms with Crippen LogP contribution in [0.2, 0.25) is 0 Å². The molecule has 21 heavy (non-hydrogen) atoms. The molecule has 2 aromatic carbocycles. The van der Waals surface area contributed by atoms with E-state index in [1.165, 1.54) is 19.4 Å². The van der Waals surface area contributed by atoms with Crippen molar-refractivity contribution < 1.29 is 18.4 Å². The number of rotatable bonds is 4. The van der Waals surface area contributed by atoms with Crippen LogP contribution in [0.4, 0.5) is 14.5 Å². The number of hydrogen-bond acceptors (Lipinski definition) is 3. The number of nitrogens with one attached hydrogen (secondary N) is 1. The Bertz CT molecular complexity index is 670. The van der Waals surface area contributed by atoms with E-state index in [9.17, 15) is 13.6 Å². The number of amides is 1. The average molecular weight is 290 g/mol. The van der Waals surface area contributed by atoms with Crippen LogP contribution in [0.3, 0.4) is 0 Å². The van der Waals surface area contributed by atoms with Crippen LogP contribution < -0.4 is 5.32 Å². The Balaban J connectivity index is 2.11. The number of halogens is 2. The predicted octanol–water partition coefficient (Wildman–Crippen LogP) is 3.20. The molecule has 6 heteroatoms. The Morgan fingerprint density at radius 1 is 1.19 bits per heavy atom. The number of oxime groups is 1. The quantitative estimate of drug-likeness (QED) is 0.694. The lowest BCUT2D eigenvalue weighted by atomic mass is 10.1. The number of benzene rings is 2. The molecule has 0 aliphatic carbocycles. The Morgan fingerprint density at radius 3 is 2.52 bits per heavy atom. The molecule has 2 rings (SSSR count). The molecule has 0 heterocycles. The van der Waals surface area contributed by atoms with Crippen molar-refractivity contribution in [3.63, 3.8) is 0 Å². The molecule has 108 valence electrons. The third kappa shape index (κ3) is 3.85. The van der Waals surface area contributed by atoms with Crippen molar-refractivity contribution in [3.05, 3.63) is 65.2 Å². The Labute approximate surface area is 120 Å². The SMILES string of the molecule is CO/N=C/c1ccc(C(=O)Nc2ccc(F)cc2F)cc1. The second-order valence-electron chi connectivity index (χ2n) is 4.12. The van der Waals surface area contributed by atoms with Gasteiger partial charge in [-0.05, 0) is 29.8 Å². The molecule has 4 nitrogen and oxygen atoms in total. The zero-order chi connectivity index (χ0) is 15.2. The van der Waals surface area contributed by atoms with Crippen molar-refractivity contribution in [1.29, 1.82) is 0 Å². The number of carbonyl (C=O) groups is 1. The highest BCUT2D eigenvalue weighted by atomic mass is 19.1. The lowest BCUT2D eigenvalue weighted by Crippen LogP contribution is -2.13. The summed E-state index contributed by atoms with van der Waals surface area (Å²) in [5, 5.41) is 5.97. The van der Waals surface area contributed by atoms with E-state index in [0.717, 1.165) is 11.6 Å². The molecule has 0 bridgehead atoms. The van der Waals surface area contributed by atoms with Gasteiger partial charge < -0.3 is 10.2 Å². The molecule has 1 N–H and O–H groups in total. The minimum Gasteiger partial charge on any atom is -0.399 e. The zero-order valence-electron chi connectivity index (χ0n) is 11.1. The molecule has 2 aromatic rings. The summed E-state index contributed by atoms with van der Waals surface area (Å²) in [4.78, 5) is 16.5. The highest BCUT2D eigenvalue weighted by molar-refractivity contribution is 6.04. The van der Waals surface area contributed by atoms with Gasteiger partial charge in [-0.2, -0.15) is 0 Å². The van der Waals surface area contributed by atoms with E-state index >= 15 is 0 Å². The minimum absolute atomic E-state index is 0.0774. The molecule has 0 fully saturated rings. The summed E-state index contributed by atoms with van der Waals surface area (Å²) < 4.78 is 26.2. The molecule has 0 saturated heterocycles. The molecule has 0 atom stereocenters. The smallest absolute Gasteiger partial charge is 0.255 e. The second kappa shape index (κ2) is 6.60. The zero-order valence-corrected chi connectivity index (χ0v) is 11.1. The van der Waals surface area contributed by atoms with Gasteiger partial charge in [-0.15, -0.1) is 0 Å². The standard InChI is InChI=1S/C15H12F2N2O2/c1-21-18-9-10-2-4-11(5-3-10)15(20)19-14-7-6-12(16)8-13(14)17/h2-9H,1H3,(H,19,20)/b18-9+. The van der Waals surface area contributed by atoms with Crippen LogP contribution in [-0.2, 0) is 4.84 Å². The van der Waals surface area contributed by atoms with Gasteiger partial charge in [0.2, 0.25) is 0 Å². The Hall–Kier alpha value is -2.76. The molecular formula is C15H12F2N2O2. The molecule has 0 aromatic heterocycles. The van der Waals surface area contributed by atoms with Crippen molar-refractivity contribution in [3.8, 4) is 0 Å². The molecular weight excluding hydrogens is 278 g/mol. The van der Waals surface area contributed by atoms with Gasteiger partial charge in [0, 0.05) is 11.6 Å². The Morgan fingerprint density at radius 2 is 1.90 bits per heavy atom. The summed E-state index contributed by atoms with van der Waals surface area (Å²) in [6.07, 6.45) is 1.49. The first kappa shape index (κ1) is 14.6. The molecule has 1 amide bonds.